The number of nitrogens with zero attached hydrogens (tertiary/aromatic N) is 3. The molecule has 3 rings (SSSR count). The SMILES string of the molecule is COc1ccc(-c2csc3c(Cl)ncnc23)cc1[N+](=O)[O-]. The molecule has 0 saturated heterocycles. The lowest BCUT2D eigenvalue weighted by molar-refractivity contribution is -0.385. The Morgan fingerprint density at radius 2 is 2.19 bits per heavy atom. The maximum atomic E-state index is 11.1. The van der Waals surface area contributed by atoms with Gasteiger partial charge in [-0.1, -0.05) is 17.7 Å². The van der Waals surface area contributed by atoms with Crippen molar-refractivity contribution in [2.75, 3.05) is 7.11 Å². The second-order valence-electron chi connectivity index (χ2n) is 4.14. The van der Waals surface area contributed by atoms with Crippen molar-refractivity contribution in [3.8, 4) is 16.9 Å². The summed E-state index contributed by atoms with van der Waals surface area (Å²) in [5, 5.41) is 13.3. The molecular formula is C13H8ClN3O3S. The number of ether oxygens (including phenoxy) is 1. The number of nitro groups is 1. The fourth-order valence-electron chi connectivity index (χ4n) is 2.03. The van der Waals surface area contributed by atoms with Crippen LogP contribution in [0, 0.1) is 10.1 Å². The highest BCUT2D eigenvalue weighted by Crippen LogP contribution is 2.38. The highest BCUT2D eigenvalue weighted by molar-refractivity contribution is 7.18. The van der Waals surface area contributed by atoms with Crippen LogP contribution in [0.2, 0.25) is 5.15 Å². The van der Waals surface area contributed by atoms with Crippen molar-refractivity contribution < 1.29 is 9.66 Å². The first-order valence-corrected chi connectivity index (χ1v) is 7.08. The molecular weight excluding hydrogens is 314 g/mol. The Labute approximate surface area is 128 Å². The van der Waals surface area contributed by atoms with Crippen LogP contribution < -0.4 is 4.74 Å². The van der Waals surface area contributed by atoms with Crippen molar-refractivity contribution in [1.29, 1.82) is 0 Å². The lowest BCUT2D eigenvalue weighted by atomic mass is 10.1. The lowest BCUT2D eigenvalue weighted by Crippen LogP contribution is -1.94. The molecule has 2 heterocycles. The molecule has 1 aromatic carbocycles. The van der Waals surface area contributed by atoms with Crippen LogP contribution in [0.4, 0.5) is 5.69 Å². The van der Waals surface area contributed by atoms with Gasteiger partial charge in [-0.2, -0.15) is 0 Å². The van der Waals surface area contributed by atoms with Gasteiger partial charge in [0.05, 0.1) is 22.2 Å². The van der Waals surface area contributed by atoms with Crippen LogP contribution in [-0.2, 0) is 0 Å². The molecule has 0 aliphatic rings. The first kappa shape index (κ1) is 13.7. The van der Waals surface area contributed by atoms with Gasteiger partial charge in [0.1, 0.15) is 11.5 Å². The van der Waals surface area contributed by atoms with E-state index in [1.807, 2.05) is 5.38 Å². The molecule has 0 atom stereocenters. The van der Waals surface area contributed by atoms with Crippen molar-refractivity contribution in [2.45, 2.75) is 0 Å². The van der Waals surface area contributed by atoms with E-state index in [0.29, 0.717) is 16.2 Å². The van der Waals surface area contributed by atoms with Crippen molar-refractivity contribution in [3.63, 3.8) is 0 Å². The summed E-state index contributed by atoms with van der Waals surface area (Å²) in [6.45, 7) is 0. The maximum Gasteiger partial charge on any atom is 0.311 e. The van der Waals surface area contributed by atoms with E-state index in [9.17, 15) is 10.1 Å². The van der Waals surface area contributed by atoms with Gasteiger partial charge in [-0.05, 0) is 11.6 Å². The number of methoxy groups -OCH3 is 1. The third-order valence-corrected chi connectivity index (χ3v) is 4.37. The smallest absolute Gasteiger partial charge is 0.311 e. The second-order valence-corrected chi connectivity index (χ2v) is 5.37. The molecule has 0 N–H and O–H groups in total. The molecule has 0 aliphatic heterocycles. The van der Waals surface area contributed by atoms with E-state index in [4.69, 9.17) is 16.3 Å². The number of fused-ring (bicyclic) bond motifs is 1. The number of nitro benzene ring substituents is 1. The fourth-order valence-corrected chi connectivity index (χ4v) is 3.20. The van der Waals surface area contributed by atoms with Gasteiger partial charge in [-0.15, -0.1) is 11.3 Å². The van der Waals surface area contributed by atoms with Gasteiger partial charge in [0.2, 0.25) is 0 Å². The Bertz CT molecular complexity index is 850. The molecule has 0 amide bonds. The molecule has 0 saturated carbocycles. The number of hydrogen-bond donors (Lipinski definition) is 0. The third-order valence-electron chi connectivity index (χ3n) is 3.00. The molecule has 8 heteroatoms. The molecule has 0 bridgehead atoms. The summed E-state index contributed by atoms with van der Waals surface area (Å²) in [7, 11) is 1.40. The van der Waals surface area contributed by atoms with E-state index < -0.39 is 4.92 Å². The van der Waals surface area contributed by atoms with Crippen molar-refractivity contribution in [3.05, 3.63) is 45.2 Å². The van der Waals surface area contributed by atoms with Crippen LogP contribution >= 0.6 is 22.9 Å². The van der Waals surface area contributed by atoms with Gasteiger partial charge in [0.15, 0.2) is 5.75 Å². The minimum Gasteiger partial charge on any atom is -0.490 e. The summed E-state index contributed by atoms with van der Waals surface area (Å²) < 4.78 is 5.76. The van der Waals surface area contributed by atoms with Crippen molar-refractivity contribution in [1.82, 2.24) is 9.97 Å². The quantitative estimate of drug-likeness (QED) is 0.415. The Balaban J connectivity index is 2.21. The summed E-state index contributed by atoms with van der Waals surface area (Å²) in [4.78, 5) is 18.8. The molecule has 2 aromatic heterocycles. The Morgan fingerprint density at radius 3 is 2.90 bits per heavy atom. The zero-order valence-electron chi connectivity index (χ0n) is 10.7. The van der Waals surface area contributed by atoms with Crippen LogP contribution in [0.5, 0.6) is 5.75 Å². The number of aromatic nitrogens is 2. The van der Waals surface area contributed by atoms with E-state index in [1.165, 1.54) is 30.8 Å². The fraction of sp³-hybridized carbons (Fsp3) is 0.0769. The largest absolute Gasteiger partial charge is 0.490 e. The van der Waals surface area contributed by atoms with Crippen LogP contribution in [0.3, 0.4) is 0 Å². The summed E-state index contributed by atoms with van der Waals surface area (Å²) >= 11 is 7.42. The number of hydrogen-bond acceptors (Lipinski definition) is 6. The van der Waals surface area contributed by atoms with Crippen molar-refractivity contribution in [2.24, 2.45) is 0 Å². The molecule has 0 spiro atoms. The van der Waals surface area contributed by atoms with Crippen LogP contribution in [0.15, 0.2) is 29.9 Å². The molecule has 106 valence electrons. The number of thiophene rings is 1. The molecule has 0 fully saturated rings. The van der Waals surface area contributed by atoms with Gasteiger partial charge in [-0.3, -0.25) is 10.1 Å². The lowest BCUT2D eigenvalue weighted by Gasteiger charge is -2.04. The van der Waals surface area contributed by atoms with Crippen LogP contribution in [-0.4, -0.2) is 22.0 Å². The van der Waals surface area contributed by atoms with Crippen LogP contribution in [0.1, 0.15) is 0 Å². The van der Waals surface area contributed by atoms with Gasteiger partial charge in [-0.25, -0.2) is 9.97 Å². The summed E-state index contributed by atoms with van der Waals surface area (Å²) in [5.74, 6) is 0.218. The average molecular weight is 322 g/mol. The zero-order chi connectivity index (χ0) is 15.0. The van der Waals surface area contributed by atoms with E-state index in [0.717, 1.165) is 10.3 Å². The Morgan fingerprint density at radius 1 is 1.38 bits per heavy atom. The summed E-state index contributed by atoms with van der Waals surface area (Å²) in [6.07, 6.45) is 1.37. The summed E-state index contributed by atoms with van der Waals surface area (Å²) in [6, 6.07) is 4.79. The minimum absolute atomic E-state index is 0.0884. The first-order chi connectivity index (χ1) is 10.1. The van der Waals surface area contributed by atoms with Gasteiger partial charge >= 0.3 is 5.69 Å². The minimum atomic E-state index is -0.473. The topological polar surface area (TPSA) is 78.2 Å². The second kappa shape index (κ2) is 5.27. The van der Waals surface area contributed by atoms with Gasteiger partial charge in [0.25, 0.3) is 0 Å². The maximum absolute atomic E-state index is 11.1. The number of benzene rings is 1. The molecule has 6 nitrogen and oxygen atoms in total. The first-order valence-electron chi connectivity index (χ1n) is 5.82. The Kier molecular flexibility index (Phi) is 3.44. The zero-order valence-corrected chi connectivity index (χ0v) is 12.3. The van der Waals surface area contributed by atoms with E-state index in [-0.39, 0.29) is 11.4 Å². The van der Waals surface area contributed by atoms with Crippen LogP contribution in [0.25, 0.3) is 21.3 Å². The molecule has 0 unspecified atom stereocenters. The highest BCUT2D eigenvalue weighted by Gasteiger charge is 2.18. The van der Waals surface area contributed by atoms with E-state index in [1.54, 1.807) is 12.1 Å². The standard InChI is InChI=1S/C13H8ClN3O3S/c1-20-10-3-2-7(4-9(10)17(18)19)8-5-21-12-11(8)15-6-16-13(12)14/h2-6H,1H3. The van der Waals surface area contributed by atoms with E-state index in [2.05, 4.69) is 9.97 Å². The van der Waals surface area contributed by atoms with E-state index >= 15 is 0 Å². The highest BCUT2D eigenvalue weighted by atomic mass is 35.5. The van der Waals surface area contributed by atoms with Gasteiger partial charge < -0.3 is 4.74 Å². The average Bonchev–Trinajstić information content (AvgIpc) is 2.92. The molecule has 21 heavy (non-hydrogen) atoms. The normalized spacial score (nSPS) is 10.8. The third kappa shape index (κ3) is 2.30. The van der Waals surface area contributed by atoms with Crippen molar-refractivity contribution >= 4 is 38.8 Å². The number of rotatable bonds is 3. The molecule has 0 radical (unpaired) electrons. The predicted octanol–water partition coefficient (Wildman–Crippen LogP) is 3.93. The monoisotopic (exact) mass is 321 g/mol. The molecule has 3 aromatic rings. The molecule has 0 aliphatic carbocycles. The van der Waals surface area contributed by atoms with Gasteiger partial charge in [0, 0.05) is 17.0 Å². The number of halogens is 1. The predicted molar refractivity (Wildman–Crippen MR) is 81.1 cm³/mol. The summed E-state index contributed by atoms with van der Waals surface area (Å²) in [5.41, 5.74) is 2.06. The Hall–Kier alpha value is -2.25.